The van der Waals surface area contributed by atoms with E-state index in [2.05, 4.69) is 15.6 Å². The van der Waals surface area contributed by atoms with Crippen molar-refractivity contribution in [2.24, 2.45) is 0 Å². The van der Waals surface area contributed by atoms with E-state index in [4.69, 9.17) is 10.00 Å². The molecule has 0 fully saturated rings. The number of nitrogens with zero attached hydrogens (tertiary/aromatic N) is 1. The Labute approximate surface area is 146 Å². The molecule has 0 spiro atoms. The molecule has 1 atom stereocenters. The van der Waals surface area contributed by atoms with Gasteiger partial charge in [-0.1, -0.05) is 31.5 Å². The molecule has 1 aromatic heterocycles. The first-order valence-corrected chi connectivity index (χ1v) is 8.28. The number of carbonyl (C=O) groups is 2. The van der Waals surface area contributed by atoms with Crippen molar-refractivity contribution in [3.05, 3.63) is 36.0 Å². The number of carbonyl (C=O) groups excluding carboxylic acids is 2. The van der Waals surface area contributed by atoms with Crippen molar-refractivity contribution < 1.29 is 14.3 Å². The van der Waals surface area contributed by atoms with Crippen LogP contribution in [0.3, 0.4) is 0 Å². The van der Waals surface area contributed by atoms with Gasteiger partial charge in [-0.25, -0.2) is 4.79 Å². The number of fused-ring (bicyclic) bond motifs is 1. The van der Waals surface area contributed by atoms with E-state index in [0.29, 0.717) is 13.0 Å². The maximum absolute atomic E-state index is 12.3. The zero-order chi connectivity index (χ0) is 18.1. The number of ether oxygens (including phenoxy) is 1. The number of hydrogen-bond donors (Lipinski definition) is 3. The van der Waals surface area contributed by atoms with Crippen LogP contribution in [0.25, 0.3) is 10.9 Å². The van der Waals surface area contributed by atoms with Gasteiger partial charge in [0.05, 0.1) is 12.7 Å². The Hall–Kier alpha value is -3.01. The number of benzene rings is 1. The van der Waals surface area contributed by atoms with Gasteiger partial charge in [0.1, 0.15) is 12.6 Å². The third kappa shape index (κ3) is 5.24. The van der Waals surface area contributed by atoms with Crippen molar-refractivity contribution in [3.8, 4) is 6.07 Å². The van der Waals surface area contributed by atoms with Crippen LogP contribution in [0.4, 0.5) is 4.79 Å². The molecule has 1 aromatic carbocycles. The maximum atomic E-state index is 12.3. The summed E-state index contributed by atoms with van der Waals surface area (Å²) in [7, 11) is 0. The summed E-state index contributed by atoms with van der Waals surface area (Å²) in [5.74, 6) is -0.417. The Morgan fingerprint density at radius 2 is 2.16 bits per heavy atom. The van der Waals surface area contributed by atoms with Crippen molar-refractivity contribution in [3.63, 3.8) is 0 Å². The highest BCUT2D eigenvalue weighted by Crippen LogP contribution is 2.19. The van der Waals surface area contributed by atoms with Crippen molar-refractivity contribution in [1.29, 1.82) is 5.26 Å². The van der Waals surface area contributed by atoms with Crippen LogP contribution < -0.4 is 10.6 Å². The van der Waals surface area contributed by atoms with Gasteiger partial charge in [0.25, 0.3) is 0 Å². The minimum atomic E-state index is -0.818. The Kier molecular flexibility index (Phi) is 6.84. The molecule has 0 aliphatic carbocycles. The average molecular weight is 342 g/mol. The van der Waals surface area contributed by atoms with E-state index in [9.17, 15) is 9.59 Å². The number of para-hydroxylation sites is 1. The predicted octanol–water partition coefficient (Wildman–Crippen LogP) is 2.25. The molecule has 3 N–H and O–H groups in total. The molecule has 2 rings (SSSR count). The summed E-state index contributed by atoms with van der Waals surface area (Å²) in [5.41, 5.74) is 1.86. The summed E-state index contributed by atoms with van der Waals surface area (Å²) >= 11 is 0. The number of aromatic amines is 1. The fourth-order valence-electron chi connectivity index (χ4n) is 2.47. The van der Waals surface area contributed by atoms with Gasteiger partial charge < -0.3 is 20.4 Å². The van der Waals surface area contributed by atoms with E-state index in [0.717, 1.165) is 29.3 Å². The number of hydrogen-bond acceptors (Lipinski definition) is 4. The predicted molar refractivity (Wildman–Crippen MR) is 93.8 cm³/mol. The van der Waals surface area contributed by atoms with Crippen molar-refractivity contribution in [1.82, 2.24) is 15.6 Å². The molecular formula is C18H22N4O3. The minimum absolute atomic E-state index is 0.115. The van der Waals surface area contributed by atoms with Crippen LogP contribution in [0.2, 0.25) is 0 Å². The first-order chi connectivity index (χ1) is 12.2. The molecule has 0 saturated carbocycles. The largest absolute Gasteiger partial charge is 0.450 e. The Morgan fingerprint density at radius 1 is 1.36 bits per heavy atom. The van der Waals surface area contributed by atoms with Crippen LogP contribution in [0.15, 0.2) is 30.5 Å². The first-order valence-electron chi connectivity index (χ1n) is 8.28. The van der Waals surface area contributed by atoms with Gasteiger partial charge in [0.15, 0.2) is 0 Å². The van der Waals surface area contributed by atoms with Crippen LogP contribution in [0, 0.1) is 11.3 Å². The summed E-state index contributed by atoms with van der Waals surface area (Å²) in [6, 6.07) is 8.76. The van der Waals surface area contributed by atoms with Crippen molar-refractivity contribution >= 4 is 22.9 Å². The molecular weight excluding hydrogens is 320 g/mol. The van der Waals surface area contributed by atoms with E-state index in [1.54, 1.807) is 0 Å². The first kappa shape index (κ1) is 18.3. The van der Waals surface area contributed by atoms with Gasteiger partial charge in [-0.2, -0.15) is 5.26 Å². The summed E-state index contributed by atoms with van der Waals surface area (Å²) in [6.07, 6.45) is 3.16. The molecule has 7 heteroatoms. The van der Waals surface area contributed by atoms with E-state index in [1.165, 1.54) is 0 Å². The normalized spacial score (nSPS) is 11.5. The van der Waals surface area contributed by atoms with Gasteiger partial charge in [0, 0.05) is 23.5 Å². The molecule has 1 heterocycles. The monoisotopic (exact) mass is 342 g/mol. The fourth-order valence-corrected chi connectivity index (χ4v) is 2.47. The summed E-state index contributed by atoms with van der Waals surface area (Å²) in [6.45, 7) is 2.19. The topological polar surface area (TPSA) is 107 Å². The van der Waals surface area contributed by atoms with Crippen molar-refractivity contribution in [2.75, 3.05) is 13.2 Å². The van der Waals surface area contributed by atoms with Crippen molar-refractivity contribution in [2.45, 2.75) is 32.2 Å². The fraction of sp³-hybridized carbons (Fsp3) is 0.389. The number of amides is 2. The molecule has 25 heavy (non-hydrogen) atoms. The van der Waals surface area contributed by atoms with E-state index in [1.807, 2.05) is 43.5 Å². The third-order valence-electron chi connectivity index (χ3n) is 3.78. The number of nitrogens with one attached hydrogen (secondary N) is 3. The molecule has 132 valence electrons. The zero-order valence-corrected chi connectivity index (χ0v) is 14.2. The SMILES string of the molecule is CCCCOC(=O)NC(Cc1c[nH]c2ccccc12)C(=O)NCC#N. The smallest absolute Gasteiger partial charge is 0.407 e. The van der Waals surface area contributed by atoms with Gasteiger partial charge in [0.2, 0.25) is 5.91 Å². The van der Waals surface area contributed by atoms with Gasteiger partial charge in [-0.3, -0.25) is 4.79 Å². The highest BCUT2D eigenvalue weighted by Gasteiger charge is 2.23. The highest BCUT2D eigenvalue weighted by atomic mass is 16.5. The number of rotatable bonds is 8. The van der Waals surface area contributed by atoms with E-state index >= 15 is 0 Å². The number of aromatic nitrogens is 1. The second-order valence-corrected chi connectivity index (χ2v) is 5.63. The molecule has 0 bridgehead atoms. The molecule has 0 radical (unpaired) electrons. The number of alkyl carbamates (subject to hydrolysis) is 1. The Balaban J connectivity index is 2.09. The summed E-state index contributed by atoms with van der Waals surface area (Å²) in [4.78, 5) is 27.3. The summed E-state index contributed by atoms with van der Waals surface area (Å²) < 4.78 is 5.07. The summed E-state index contributed by atoms with van der Waals surface area (Å²) in [5, 5.41) is 14.7. The third-order valence-corrected chi connectivity index (χ3v) is 3.78. The maximum Gasteiger partial charge on any atom is 0.407 e. The molecule has 2 aromatic rings. The lowest BCUT2D eigenvalue weighted by Gasteiger charge is -2.17. The lowest BCUT2D eigenvalue weighted by atomic mass is 10.0. The highest BCUT2D eigenvalue weighted by molar-refractivity contribution is 5.88. The van der Waals surface area contributed by atoms with Gasteiger partial charge in [-0.15, -0.1) is 0 Å². The Morgan fingerprint density at radius 3 is 2.92 bits per heavy atom. The van der Waals surface area contributed by atoms with Crippen LogP contribution >= 0.6 is 0 Å². The number of nitriles is 1. The van der Waals surface area contributed by atoms with Crippen LogP contribution in [0.5, 0.6) is 0 Å². The lowest BCUT2D eigenvalue weighted by molar-refractivity contribution is -0.122. The number of unbranched alkanes of at least 4 members (excludes halogenated alkanes) is 1. The lowest BCUT2D eigenvalue weighted by Crippen LogP contribution is -2.48. The van der Waals surface area contributed by atoms with Crippen LogP contribution in [0.1, 0.15) is 25.3 Å². The average Bonchev–Trinajstić information content (AvgIpc) is 3.02. The van der Waals surface area contributed by atoms with E-state index in [-0.39, 0.29) is 6.54 Å². The zero-order valence-electron chi connectivity index (χ0n) is 14.2. The molecule has 0 aliphatic heterocycles. The standard InChI is InChI=1S/C18H22N4O3/c1-2-3-10-25-18(24)22-16(17(23)20-9-8-19)11-13-12-21-15-7-5-4-6-14(13)15/h4-7,12,16,21H,2-3,9-11H2,1H3,(H,20,23)(H,22,24). The quantitative estimate of drug-likeness (QED) is 0.505. The second kappa shape index (κ2) is 9.33. The molecule has 0 aliphatic rings. The Bertz CT molecular complexity index is 763. The molecule has 1 unspecified atom stereocenters. The van der Waals surface area contributed by atoms with E-state index < -0.39 is 18.0 Å². The number of H-pyrrole nitrogens is 1. The van der Waals surface area contributed by atoms with Gasteiger partial charge >= 0.3 is 6.09 Å². The van der Waals surface area contributed by atoms with Crippen LogP contribution in [-0.2, 0) is 16.0 Å². The van der Waals surface area contributed by atoms with Gasteiger partial charge in [-0.05, 0) is 18.1 Å². The van der Waals surface area contributed by atoms with Crippen LogP contribution in [-0.4, -0.2) is 36.2 Å². The molecule has 7 nitrogen and oxygen atoms in total. The second-order valence-electron chi connectivity index (χ2n) is 5.63. The molecule has 0 saturated heterocycles. The molecule has 2 amide bonds. The minimum Gasteiger partial charge on any atom is -0.450 e.